The highest BCUT2D eigenvalue weighted by atomic mass is 16.6. The van der Waals surface area contributed by atoms with E-state index in [9.17, 15) is 14.4 Å². The Morgan fingerprint density at radius 3 is 2.54 bits per heavy atom. The average molecular weight is 539 g/mol. The van der Waals surface area contributed by atoms with Crippen molar-refractivity contribution in [3.63, 3.8) is 0 Å². The van der Waals surface area contributed by atoms with Gasteiger partial charge in [-0.3, -0.25) is 18.5 Å². The second-order valence-electron chi connectivity index (χ2n) is 11.4. The molecule has 39 heavy (non-hydrogen) atoms. The summed E-state index contributed by atoms with van der Waals surface area (Å²) in [4.78, 5) is 46.3. The lowest BCUT2D eigenvalue weighted by Crippen LogP contribution is -2.49. The molecule has 1 atom stereocenters. The number of unbranched alkanes of at least 4 members (excludes halogenated alkanes) is 3. The lowest BCUT2D eigenvalue weighted by atomic mass is 10.1. The van der Waals surface area contributed by atoms with Crippen LogP contribution in [0.25, 0.3) is 11.2 Å². The molecule has 0 aliphatic carbocycles. The molecule has 1 saturated heterocycles. The van der Waals surface area contributed by atoms with Gasteiger partial charge in [-0.05, 0) is 45.6 Å². The van der Waals surface area contributed by atoms with Crippen LogP contribution in [-0.2, 0) is 24.9 Å². The summed E-state index contributed by atoms with van der Waals surface area (Å²) in [6.07, 6.45) is 5.26. The molecule has 3 aromatic rings. The maximum Gasteiger partial charge on any atom is 0.407 e. The van der Waals surface area contributed by atoms with Crippen LogP contribution in [-0.4, -0.2) is 49.5 Å². The number of benzene rings is 1. The van der Waals surface area contributed by atoms with Gasteiger partial charge in [-0.25, -0.2) is 9.59 Å². The highest BCUT2D eigenvalue weighted by molar-refractivity contribution is 5.75. The highest BCUT2D eigenvalue weighted by Crippen LogP contribution is 2.25. The number of fused-ring (bicyclic) bond motifs is 1. The number of nitrogens with one attached hydrogen (secondary N) is 1. The molecule has 4 rings (SSSR count). The summed E-state index contributed by atoms with van der Waals surface area (Å²) in [5.74, 6) is 0.634. The number of rotatable bonds is 9. The summed E-state index contributed by atoms with van der Waals surface area (Å²) in [6, 6.07) is 9.81. The number of anilines is 1. The van der Waals surface area contributed by atoms with E-state index in [1.54, 1.807) is 4.57 Å². The molecule has 1 amide bonds. The summed E-state index contributed by atoms with van der Waals surface area (Å²) in [7, 11) is 1.54. The van der Waals surface area contributed by atoms with E-state index in [1.165, 1.54) is 11.6 Å². The van der Waals surface area contributed by atoms with Crippen LogP contribution in [0, 0.1) is 0 Å². The molecule has 0 saturated carbocycles. The van der Waals surface area contributed by atoms with Gasteiger partial charge in [0.05, 0.1) is 6.54 Å². The minimum atomic E-state index is -0.580. The van der Waals surface area contributed by atoms with Gasteiger partial charge in [0.25, 0.3) is 5.56 Å². The largest absolute Gasteiger partial charge is 0.444 e. The first-order valence-corrected chi connectivity index (χ1v) is 14.1. The lowest BCUT2D eigenvalue weighted by Gasteiger charge is -2.34. The van der Waals surface area contributed by atoms with Gasteiger partial charge in [-0.1, -0.05) is 56.5 Å². The predicted molar refractivity (Wildman–Crippen MR) is 154 cm³/mol. The highest BCUT2D eigenvalue weighted by Gasteiger charge is 2.29. The summed E-state index contributed by atoms with van der Waals surface area (Å²) >= 11 is 0. The number of aryl methyl sites for hydroxylation is 1. The molecule has 0 unspecified atom stereocenters. The fourth-order valence-electron chi connectivity index (χ4n) is 5.15. The number of ether oxygens (including phenoxy) is 1. The van der Waals surface area contributed by atoms with Crippen molar-refractivity contribution in [1.82, 2.24) is 24.0 Å². The average Bonchev–Trinajstić information content (AvgIpc) is 3.25. The zero-order valence-electron chi connectivity index (χ0n) is 23.9. The molecule has 1 aromatic carbocycles. The Hall–Kier alpha value is -3.56. The van der Waals surface area contributed by atoms with E-state index in [4.69, 9.17) is 9.72 Å². The molecule has 10 heteroatoms. The molecule has 2 aromatic heterocycles. The zero-order chi connectivity index (χ0) is 28.2. The summed E-state index contributed by atoms with van der Waals surface area (Å²) in [6.45, 7) is 9.88. The van der Waals surface area contributed by atoms with Crippen LogP contribution < -0.4 is 21.5 Å². The monoisotopic (exact) mass is 538 g/mol. The fraction of sp³-hybridized carbons (Fsp3) is 0.586. The van der Waals surface area contributed by atoms with E-state index in [-0.39, 0.29) is 17.3 Å². The second-order valence-corrected chi connectivity index (χ2v) is 11.4. The Balaban J connectivity index is 1.76. The number of aromatic nitrogens is 4. The van der Waals surface area contributed by atoms with Crippen LogP contribution in [0.2, 0.25) is 0 Å². The van der Waals surface area contributed by atoms with Gasteiger partial charge in [0.1, 0.15) is 5.60 Å². The summed E-state index contributed by atoms with van der Waals surface area (Å²) in [5.41, 5.74) is 0.601. The maximum absolute atomic E-state index is 13.5. The number of nitrogens with zero attached hydrogens (tertiary/aromatic N) is 5. The van der Waals surface area contributed by atoms with Gasteiger partial charge in [0, 0.05) is 32.7 Å². The number of hydrogen-bond donors (Lipinski definition) is 1. The standard InChI is InChI=1S/C29H42N6O4/c1-6-7-8-12-18-34-24-23(25(36)32(5)28(34)38)35(19-21-14-10-9-11-15-21)26(31-24)33-17-13-16-22(20-33)30-27(37)39-29(2,3)4/h9-11,14-15,22H,6-8,12-13,16-20H2,1-5H3,(H,30,37)/t22-/m0/s1. The van der Waals surface area contributed by atoms with Crippen LogP contribution >= 0.6 is 0 Å². The number of carbonyl (C=O) groups is 1. The smallest absolute Gasteiger partial charge is 0.407 e. The minimum Gasteiger partial charge on any atom is -0.444 e. The maximum atomic E-state index is 13.5. The summed E-state index contributed by atoms with van der Waals surface area (Å²) < 4.78 is 10.3. The van der Waals surface area contributed by atoms with Crippen molar-refractivity contribution >= 4 is 23.2 Å². The topological polar surface area (TPSA) is 103 Å². The third kappa shape index (κ3) is 6.72. The SMILES string of the molecule is CCCCCCn1c(=O)n(C)c(=O)c2c1nc(N1CCC[C@H](NC(=O)OC(C)(C)C)C1)n2Cc1ccccc1. The third-order valence-electron chi connectivity index (χ3n) is 7.05. The molecular formula is C29H42N6O4. The van der Waals surface area contributed by atoms with Gasteiger partial charge in [-0.15, -0.1) is 0 Å². The van der Waals surface area contributed by atoms with Crippen LogP contribution in [0.5, 0.6) is 0 Å². The Morgan fingerprint density at radius 2 is 1.85 bits per heavy atom. The number of carbonyl (C=O) groups excluding carboxylic acids is 1. The number of alkyl carbamates (subject to hydrolysis) is 1. The molecule has 212 valence electrons. The molecule has 1 N–H and O–H groups in total. The zero-order valence-corrected chi connectivity index (χ0v) is 23.9. The molecule has 0 spiro atoms. The van der Waals surface area contributed by atoms with E-state index >= 15 is 0 Å². The molecular weight excluding hydrogens is 496 g/mol. The second kappa shape index (κ2) is 12.1. The Labute approximate surface area is 229 Å². The molecule has 0 bridgehead atoms. The number of amides is 1. The van der Waals surface area contributed by atoms with Gasteiger partial charge in [0.15, 0.2) is 11.2 Å². The number of hydrogen-bond acceptors (Lipinski definition) is 6. The quantitative estimate of drug-likeness (QED) is 0.413. The van der Waals surface area contributed by atoms with Crippen molar-refractivity contribution < 1.29 is 9.53 Å². The Bertz CT molecular complexity index is 1400. The van der Waals surface area contributed by atoms with E-state index in [0.29, 0.717) is 36.7 Å². The van der Waals surface area contributed by atoms with Crippen LogP contribution in [0.1, 0.15) is 71.8 Å². The first-order chi connectivity index (χ1) is 18.6. The molecule has 0 radical (unpaired) electrons. The predicted octanol–water partition coefficient (Wildman–Crippen LogP) is 4.02. The minimum absolute atomic E-state index is 0.127. The normalized spacial score (nSPS) is 16.0. The first kappa shape index (κ1) is 28.4. The lowest BCUT2D eigenvalue weighted by molar-refractivity contribution is 0.0499. The van der Waals surface area contributed by atoms with Crippen LogP contribution in [0.15, 0.2) is 39.9 Å². The number of imidazole rings is 1. The van der Waals surface area contributed by atoms with Gasteiger partial charge in [0.2, 0.25) is 5.95 Å². The van der Waals surface area contributed by atoms with E-state index in [0.717, 1.165) is 50.6 Å². The Morgan fingerprint density at radius 1 is 1.10 bits per heavy atom. The molecule has 3 heterocycles. The van der Waals surface area contributed by atoms with Gasteiger partial charge < -0.3 is 15.0 Å². The van der Waals surface area contributed by atoms with Crippen molar-refractivity contribution in [3.8, 4) is 0 Å². The van der Waals surface area contributed by atoms with Crippen molar-refractivity contribution in [2.45, 2.75) is 91.0 Å². The van der Waals surface area contributed by atoms with Crippen LogP contribution in [0.3, 0.4) is 0 Å². The van der Waals surface area contributed by atoms with Crippen molar-refractivity contribution in [2.75, 3.05) is 18.0 Å². The van der Waals surface area contributed by atoms with Crippen molar-refractivity contribution in [2.24, 2.45) is 7.05 Å². The fourth-order valence-corrected chi connectivity index (χ4v) is 5.15. The molecule has 1 aliphatic heterocycles. The van der Waals surface area contributed by atoms with E-state index in [1.807, 2.05) is 55.7 Å². The molecule has 10 nitrogen and oxygen atoms in total. The van der Waals surface area contributed by atoms with Crippen molar-refractivity contribution in [1.29, 1.82) is 0 Å². The summed E-state index contributed by atoms with van der Waals surface area (Å²) in [5, 5.41) is 3.00. The molecule has 1 aliphatic rings. The third-order valence-corrected chi connectivity index (χ3v) is 7.05. The van der Waals surface area contributed by atoms with Crippen molar-refractivity contribution in [3.05, 3.63) is 56.7 Å². The number of piperidine rings is 1. The Kier molecular flexibility index (Phi) is 8.82. The van der Waals surface area contributed by atoms with E-state index in [2.05, 4.69) is 17.1 Å². The molecule has 1 fully saturated rings. The van der Waals surface area contributed by atoms with Gasteiger partial charge >= 0.3 is 11.8 Å². The van der Waals surface area contributed by atoms with Crippen LogP contribution in [0.4, 0.5) is 10.7 Å². The van der Waals surface area contributed by atoms with E-state index < -0.39 is 11.7 Å². The van der Waals surface area contributed by atoms with Gasteiger partial charge in [-0.2, -0.15) is 4.98 Å². The first-order valence-electron chi connectivity index (χ1n) is 14.1.